The van der Waals surface area contributed by atoms with E-state index in [1.807, 2.05) is 75.4 Å². The number of urea groups is 1. The highest BCUT2D eigenvalue weighted by Crippen LogP contribution is 2.11. The molecule has 2 amide bonds. The fourth-order valence-electron chi connectivity index (χ4n) is 2.19. The van der Waals surface area contributed by atoms with Gasteiger partial charge in [-0.25, -0.2) is 4.79 Å². The maximum Gasteiger partial charge on any atom is 0.320 e. The van der Waals surface area contributed by atoms with E-state index < -0.39 is 0 Å². The highest BCUT2D eigenvalue weighted by atomic mass is 16.5. The third kappa shape index (κ3) is 5.33. The lowest BCUT2D eigenvalue weighted by molar-refractivity contribution is 0.168. The number of rotatable bonds is 6. The minimum absolute atomic E-state index is 0.106. The molecule has 0 atom stereocenters. The SMILES string of the molecule is Cc1ccc(OCNC(=O)N(Cc2ccccc2)C(C)C)cc1. The van der Waals surface area contributed by atoms with Gasteiger partial charge in [0.1, 0.15) is 5.75 Å². The van der Waals surface area contributed by atoms with Gasteiger partial charge in [-0.1, -0.05) is 48.0 Å². The van der Waals surface area contributed by atoms with E-state index in [4.69, 9.17) is 4.74 Å². The van der Waals surface area contributed by atoms with Crippen LogP contribution in [0.25, 0.3) is 0 Å². The van der Waals surface area contributed by atoms with Gasteiger partial charge in [0.15, 0.2) is 6.73 Å². The molecule has 4 nitrogen and oxygen atoms in total. The number of nitrogens with one attached hydrogen (secondary N) is 1. The lowest BCUT2D eigenvalue weighted by atomic mass is 10.2. The summed E-state index contributed by atoms with van der Waals surface area (Å²) < 4.78 is 5.55. The molecule has 23 heavy (non-hydrogen) atoms. The Balaban J connectivity index is 1.87. The molecule has 0 saturated heterocycles. The Morgan fingerprint density at radius 3 is 2.35 bits per heavy atom. The highest BCUT2D eigenvalue weighted by Gasteiger charge is 2.16. The Bertz CT molecular complexity index is 609. The topological polar surface area (TPSA) is 41.6 Å². The predicted octanol–water partition coefficient (Wildman–Crippen LogP) is 3.95. The summed E-state index contributed by atoms with van der Waals surface area (Å²) in [5.74, 6) is 0.745. The van der Waals surface area contributed by atoms with Crippen LogP contribution in [-0.4, -0.2) is 23.7 Å². The van der Waals surface area contributed by atoms with Gasteiger partial charge in [-0.15, -0.1) is 0 Å². The second kappa shape index (κ2) is 8.22. The summed E-state index contributed by atoms with van der Waals surface area (Å²) in [4.78, 5) is 14.2. The van der Waals surface area contributed by atoms with Crippen LogP contribution in [0.1, 0.15) is 25.0 Å². The normalized spacial score (nSPS) is 10.4. The van der Waals surface area contributed by atoms with Gasteiger partial charge >= 0.3 is 6.03 Å². The van der Waals surface area contributed by atoms with Crippen LogP contribution in [0, 0.1) is 6.92 Å². The van der Waals surface area contributed by atoms with Crippen molar-refractivity contribution in [3.8, 4) is 5.75 Å². The van der Waals surface area contributed by atoms with Crippen LogP contribution in [0.5, 0.6) is 5.75 Å². The number of benzene rings is 2. The molecule has 0 aliphatic carbocycles. The van der Waals surface area contributed by atoms with E-state index in [-0.39, 0.29) is 18.8 Å². The maximum atomic E-state index is 12.4. The van der Waals surface area contributed by atoms with Gasteiger partial charge < -0.3 is 15.0 Å². The second-order valence-electron chi connectivity index (χ2n) is 5.79. The van der Waals surface area contributed by atoms with Crippen molar-refractivity contribution in [3.63, 3.8) is 0 Å². The molecule has 0 spiro atoms. The molecule has 0 aliphatic heterocycles. The molecule has 122 valence electrons. The summed E-state index contributed by atoms with van der Waals surface area (Å²) >= 11 is 0. The van der Waals surface area contributed by atoms with Crippen LogP contribution in [0.3, 0.4) is 0 Å². The molecular formula is C19H24N2O2. The zero-order chi connectivity index (χ0) is 16.7. The molecule has 0 radical (unpaired) electrons. The predicted molar refractivity (Wildman–Crippen MR) is 92.3 cm³/mol. The van der Waals surface area contributed by atoms with E-state index in [1.165, 1.54) is 5.56 Å². The van der Waals surface area contributed by atoms with Crippen molar-refractivity contribution in [2.45, 2.75) is 33.4 Å². The van der Waals surface area contributed by atoms with Gasteiger partial charge in [-0.2, -0.15) is 0 Å². The molecular weight excluding hydrogens is 288 g/mol. The Kier molecular flexibility index (Phi) is 6.03. The maximum absolute atomic E-state index is 12.4. The molecule has 0 aliphatic rings. The molecule has 0 unspecified atom stereocenters. The summed E-state index contributed by atoms with van der Waals surface area (Å²) in [6.07, 6.45) is 0. The first-order valence-corrected chi connectivity index (χ1v) is 7.84. The summed E-state index contributed by atoms with van der Waals surface area (Å²) in [6, 6.07) is 17.7. The fraction of sp³-hybridized carbons (Fsp3) is 0.316. The van der Waals surface area contributed by atoms with Gasteiger partial charge in [0.05, 0.1) is 0 Å². The smallest absolute Gasteiger partial charge is 0.320 e. The number of hydrogen-bond donors (Lipinski definition) is 1. The summed E-state index contributed by atoms with van der Waals surface area (Å²) in [6.45, 7) is 6.76. The average Bonchev–Trinajstić information content (AvgIpc) is 2.55. The molecule has 2 rings (SSSR count). The lowest BCUT2D eigenvalue weighted by Crippen LogP contribution is -2.44. The first kappa shape index (κ1) is 16.9. The Labute approximate surface area is 138 Å². The molecule has 0 heterocycles. The molecule has 1 N–H and O–H groups in total. The number of ether oxygens (including phenoxy) is 1. The quantitative estimate of drug-likeness (QED) is 0.821. The first-order valence-electron chi connectivity index (χ1n) is 7.84. The third-order valence-corrected chi connectivity index (χ3v) is 3.56. The zero-order valence-corrected chi connectivity index (χ0v) is 14.0. The fourth-order valence-corrected chi connectivity index (χ4v) is 2.19. The second-order valence-corrected chi connectivity index (χ2v) is 5.79. The van der Waals surface area contributed by atoms with E-state index in [0.717, 1.165) is 11.3 Å². The van der Waals surface area contributed by atoms with Crippen molar-refractivity contribution in [1.82, 2.24) is 10.2 Å². The van der Waals surface area contributed by atoms with Crippen LogP contribution in [-0.2, 0) is 6.54 Å². The van der Waals surface area contributed by atoms with Gasteiger partial charge in [0, 0.05) is 12.6 Å². The van der Waals surface area contributed by atoms with E-state index >= 15 is 0 Å². The number of nitrogens with zero attached hydrogens (tertiary/aromatic N) is 1. The molecule has 4 heteroatoms. The van der Waals surface area contributed by atoms with E-state index in [2.05, 4.69) is 5.32 Å². The van der Waals surface area contributed by atoms with E-state index in [0.29, 0.717) is 6.54 Å². The molecule has 0 saturated carbocycles. The summed E-state index contributed by atoms with van der Waals surface area (Å²) in [5.41, 5.74) is 2.28. The number of carbonyl (C=O) groups is 1. The van der Waals surface area contributed by atoms with Crippen molar-refractivity contribution in [1.29, 1.82) is 0 Å². The van der Waals surface area contributed by atoms with Crippen LogP contribution in [0.15, 0.2) is 54.6 Å². The lowest BCUT2D eigenvalue weighted by Gasteiger charge is -2.27. The van der Waals surface area contributed by atoms with Crippen LogP contribution < -0.4 is 10.1 Å². The zero-order valence-electron chi connectivity index (χ0n) is 14.0. The minimum atomic E-state index is -0.129. The Morgan fingerprint density at radius 1 is 1.09 bits per heavy atom. The van der Waals surface area contributed by atoms with Crippen LogP contribution in [0.2, 0.25) is 0 Å². The average molecular weight is 312 g/mol. The van der Waals surface area contributed by atoms with Crippen LogP contribution >= 0.6 is 0 Å². The van der Waals surface area contributed by atoms with Crippen LogP contribution in [0.4, 0.5) is 4.79 Å². The Hall–Kier alpha value is -2.49. The number of carbonyl (C=O) groups excluding carboxylic acids is 1. The van der Waals surface area contributed by atoms with Crippen molar-refractivity contribution >= 4 is 6.03 Å². The van der Waals surface area contributed by atoms with Gasteiger partial charge in [0.25, 0.3) is 0 Å². The number of amides is 2. The van der Waals surface area contributed by atoms with Gasteiger partial charge in [0.2, 0.25) is 0 Å². The van der Waals surface area contributed by atoms with Crippen molar-refractivity contribution in [3.05, 3.63) is 65.7 Å². The molecule has 0 aromatic heterocycles. The molecule has 0 bridgehead atoms. The minimum Gasteiger partial charge on any atom is -0.473 e. The number of hydrogen-bond acceptors (Lipinski definition) is 2. The van der Waals surface area contributed by atoms with Crippen molar-refractivity contribution < 1.29 is 9.53 Å². The molecule has 0 fully saturated rings. The molecule has 2 aromatic carbocycles. The summed E-state index contributed by atoms with van der Waals surface area (Å²) in [7, 11) is 0. The third-order valence-electron chi connectivity index (χ3n) is 3.56. The van der Waals surface area contributed by atoms with Gasteiger partial charge in [-0.05, 0) is 38.5 Å². The summed E-state index contributed by atoms with van der Waals surface area (Å²) in [5, 5.41) is 2.81. The van der Waals surface area contributed by atoms with Crippen molar-refractivity contribution in [2.24, 2.45) is 0 Å². The number of aryl methyl sites for hydroxylation is 1. The largest absolute Gasteiger partial charge is 0.473 e. The van der Waals surface area contributed by atoms with Gasteiger partial charge in [-0.3, -0.25) is 0 Å². The van der Waals surface area contributed by atoms with E-state index in [1.54, 1.807) is 4.90 Å². The first-order chi connectivity index (χ1) is 11.1. The molecule has 2 aromatic rings. The van der Waals surface area contributed by atoms with E-state index in [9.17, 15) is 4.79 Å². The standard InChI is InChI=1S/C19H24N2O2/c1-15(2)21(13-17-7-5-4-6-8-17)19(22)20-14-23-18-11-9-16(3)10-12-18/h4-12,15H,13-14H2,1-3H3,(H,20,22). The monoisotopic (exact) mass is 312 g/mol. The highest BCUT2D eigenvalue weighted by molar-refractivity contribution is 5.74. The Morgan fingerprint density at radius 2 is 1.74 bits per heavy atom. The van der Waals surface area contributed by atoms with Crippen molar-refractivity contribution in [2.75, 3.05) is 6.73 Å².